The Hall–Kier alpha value is -2.15. The number of ether oxygens (including phenoxy) is 1. The highest BCUT2D eigenvalue weighted by atomic mass is 35.5. The van der Waals surface area contributed by atoms with Crippen LogP contribution in [0.4, 0.5) is 5.13 Å². The summed E-state index contributed by atoms with van der Waals surface area (Å²) in [5.41, 5.74) is 1.34. The first kappa shape index (κ1) is 17.7. The lowest BCUT2D eigenvalue weighted by Crippen LogP contribution is -2.11. The molecule has 1 aromatic carbocycles. The summed E-state index contributed by atoms with van der Waals surface area (Å²) in [6.45, 7) is 0. The Bertz CT molecular complexity index is 897. The highest BCUT2D eigenvalue weighted by Gasteiger charge is 2.12. The largest absolute Gasteiger partial charge is 0.481 e. The fraction of sp³-hybridized carbons (Fsp3) is 0.118. The number of carbonyl (C=O) groups is 1. The average molecular weight is 394 g/mol. The Morgan fingerprint density at radius 2 is 2.04 bits per heavy atom. The van der Waals surface area contributed by atoms with Crippen molar-refractivity contribution in [1.29, 1.82) is 0 Å². The molecule has 1 amide bonds. The quantitative estimate of drug-likeness (QED) is 0.682. The number of amides is 1. The number of hydrogen-bond donors (Lipinski definition) is 1. The zero-order chi connectivity index (χ0) is 17.8. The maximum Gasteiger partial charge on any atom is 0.259 e. The predicted octanol–water partition coefficient (Wildman–Crippen LogP) is 4.70. The lowest BCUT2D eigenvalue weighted by Gasteiger charge is -2.04. The van der Waals surface area contributed by atoms with Crippen LogP contribution in [0.5, 0.6) is 5.88 Å². The van der Waals surface area contributed by atoms with E-state index < -0.39 is 0 Å². The second kappa shape index (κ2) is 7.82. The molecule has 1 N–H and O–H groups in total. The molecular formula is C17H13Cl2N3O2S. The number of nitrogens with one attached hydrogen (secondary N) is 1. The van der Waals surface area contributed by atoms with E-state index >= 15 is 0 Å². The smallest absolute Gasteiger partial charge is 0.259 e. The van der Waals surface area contributed by atoms with E-state index in [0.717, 1.165) is 10.4 Å². The van der Waals surface area contributed by atoms with Crippen molar-refractivity contribution in [2.24, 2.45) is 0 Å². The number of rotatable bonds is 5. The summed E-state index contributed by atoms with van der Waals surface area (Å²) in [5.74, 6) is 0.170. The Kier molecular flexibility index (Phi) is 5.53. The summed E-state index contributed by atoms with van der Waals surface area (Å²) < 4.78 is 4.97. The summed E-state index contributed by atoms with van der Waals surface area (Å²) in [5, 5.41) is 4.32. The number of carbonyl (C=O) groups excluding carboxylic acids is 1. The summed E-state index contributed by atoms with van der Waals surface area (Å²) in [6, 6.07) is 8.78. The van der Waals surface area contributed by atoms with E-state index in [4.69, 9.17) is 27.9 Å². The third kappa shape index (κ3) is 4.28. The molecule has 0 atom stereocenters. The van der Waals surface area contributed by atoms with Crippen molar-refractivity contribution >= 4 is 45.6 Å². The third-order valence-electron chi connectivity index (χ3n) is 3.38. The van der Waals surface area contributed by atoms with Gasteiger partial charge < -0.3 is 4.74 Å². The molecule has 128 valence electrons. The predicted molar refractivity (Wildman–Crippen MR) is 100 cm³/mol. The van der Waals surface area contributed by atoms with E-state index in [1.807, 2.05) is 12.1 Å². The minimum absolute atomic E-state index is 0.281. The normalized spacial score (nSPS) is 10.5. The van der Waals surface area contributed by atoms with Gasteiger partial charge in [-0.1, -0.05) is 35.3 Å². The van der Waals surface area contributed by atoms with Gasteiger partial charge in [-0.05, 0) is 17.7 Å². The highest BCUT2D eigenvalue weighted by Crippen LogP contribution is 2.29. The number of anilines is 1. The molecule has 0 aliphatic carbocycles. The monoisotopic (exact) mass is 393 g/mol. The number of nitrogens with zero attached hydrogens (tertiary/aromatic N) is 2. The Morgan fingerprint density at radius 3 is 2.76 bits per heavy atom. The van der Waals surface area contributed by atoms with Crippen molar-refractivity contribution < 1.29 is 9.53 Å². The summed E-state index contributed by atoms with van der Waals surface area (Å²) in [7, 11) is 1.52. The molecule has 2 aromatic heterocycles. The number of thiazole rings is 1. The van der Waals surface area contributed by atoms with Crippen LogP contribution in [-0.4, -0.2) is 23.0 Å². The second-order valence-electron chi connectivity index (χ2n) is 5.06. The minimum Gasteiger partial charge on any atom is -0.481 e. The van der Waals surface area contributed by atoms with Crippen LogP contribution in [0.1, 0.15) is 20.8 Å². The third-order valence-corrected chi connectivity index (χ3v) is 5.15. The standard InChI is InChI=1S/C17H13Cl2N3O2S/c1-24-14-6-5-11(8-20-14)16(23)22-17-21-9-12(25-17)7-10-3-2-4-13(18)15(10)19/h2-6,8-9H,7H2,1H3,(H,21,22,23). The fourth-order valence-electron chi connectivity index (χ4n) is 2.12. The topological polar surface area (TPSA) is 64.1 Å². The van der Waals surface area contributed by atoms with Crippen molar-refractivity contribution in [3.05, 3.63) is 68.8 Å². The van der Waals surface area contributed by atoms with Crippen LogP contribution >= 0.6 is 34.5 Å². The molecule has 8 heteroatoms. The molecule has 0 unspecified atom stereocenters. The average Bonchev–Trinajstić information content (AvgIpc) is 3.06. The molecule has 0 saturated heterocycles. The van der Waals surface area contributed by atoms with Crippen LogP contribution in [0, 0.1) is 0 Å². The molecule has 0 spiro atoms. The van der Waals surface area contributed by atoms with Crippen molar-refractivity contribution in [1.82, 2.24) is 9.97 Å². The second-order valence-corrected chi connectivity index (χ2v) is 6.97. The zero-order valence-corrected chi connectivity index (χ0v) is 15.5. The SMILES string of the molecule is COc1ccc(C(=O)Nc2ncc(Cc3cccc(Cl)c3Cl)s2)cn1. The van der Waals surface area contributed by atoms with E-state index in [1.54, 1.807) is 24.4 Å². The molecular weight excluding hydrogens is 381 g/mol. The maximum absolute atomic E-state index is 12.2. The Labute approximate surface area is 158 Å². The molecule has 5 nitrogen and oxygen atoms in total. The minimum atomic E-state index is -0.281. The van der Waals surface area contributed by atoms with Gasteiger partial charge in [-0.25, -0.2) is 9.97 Å². The van der Waals surface area contributed by atoms with Gasteiger partial charge in [0.1, 0.15) is 0 Å². The van der Waals surface area contributed by atoms with E-state index in [2.05, 4.69) is 15.3 Å². The van der Waals surface area contributed by atoms with Gasteiger partial charge in [0.2, 0.25) is 5.88 Å². The van der Waals surface area contributed by atoms with E-state index in [9.17, 15) is 4.79 Å². The lowest BCUT2D eigenvalue weighted by atomic mass is 10.1. The molecule has 0 radical (unpaired) electrons. The summed E-state index contributed by atoms with van der Waals surface area (Å²) in [4.78, 5) is 21.4. The van der Waals surface area contributed by atoms with Crippen molar-refractivity contribution in [2.75, 3.05) is 12.4 Å². The van der Waals surface area contributed by atoms with Gasteiger partial charge in [-0.2, -0.15) is 0 Å². The van der Waals surface area contributed by atoms with Gasteiger partial charge in [-0.15, -0.1) is 11.3 Å². The van der Waals surface area contributed by atoms with Crippen LogP contribution in [0.3, 0.4) is 0 Å². The van der Waals surface area contributed by atoms with E-state index in [1.165, 1.54) is 24.6 Å². The van der Waals surface area contributed by atoms with Crippen molar-refractivity contribution in [3.63, 3.8) is 0 Å². The number of pyridine rings is 1. The van der Waals surface area contributed by atoms with Gasteiger partial charge in [0, 0.05) is 29.8 Å². The summed E-state index contributed by atoms with van der Waals surface area (Å²) in [6.07, 6.45) is 3.76. The van der Waals surface area contributed by atoms with E-state index in [-0.39, 0.29) is 5.91 Å². The Morgan fingerprint density at radius 1 is 1.20 bits per heavy atom. The molecule has 0 bridgehead atoms. The molecule has 2 heterocycles. The Balaban J connectivity index is 1.68. The molecule has 0 saturated carbocycles. The van der Waals surface area contributed by atoms with Crippen LogP contribution in [0.15, 0.2) is 42.7 Å². The first-order valence-corrected chi connectivity index (χ1v) is 8.83. The molecule has 3 rings (SSSR count). The molecule has 0 aliphatic heterocycles. The fourth-order valence-corrected chi connectivity index (χ4v) is 3.34. The zero-order valence-electron chi connectivity index (χ0n) is 13.1. The van der Waals surface area contributed by atoms with Gasteiger partial charge in [-0.3, -0.25) is 10.1 Å². The molecule has 0 aliphatic rings. The van der Waals surface area contributed by atoms with Gasteiger partial charge >= 0.3 is 0 Å². The molecule has 0 fully saturated rings. The van der Waals surface area contributed by atoms with Gasteiger partial charge in [0.05, 0.1) is 22.7 Å². The van der Waals surface area contributed by atoms with Gasteiger partial charge in [0.25, 0.3) is 5.91 Å². The number of hydrogen-bond acceptors (Lipinski definition) is 5. The molecule has 3 aromatic rings. The van der Waals surface area contributed by atoms with Crippen LogP contribution in [0.2, 0.25) is 10.0 Å². The highest BCUT2D eigenvalue weighted by molar-refractivity contribution is 7.15. The number of benzene rings is 1. The first-order chi connectivity index (χ1) is 12.1. The summed E-state index contributed by atoms with van der Waals surface area (Å²) >= 11 is 13.6. The van der Waals surface area contributed by atoms with Crippen LogP contribution in [-0.2, 0) is 6.42 Å². The first-order valence-electron chi connectivity index (χ1n) is 7.26. The lowest BCUT2D eigenvalue weighted by molar-refractivity contribution is 0.102. The number of aromatic nitrogens is 2. The number of halogens is 2. The van der Waals surface area contributed by atoms with E-state index in [0.29, 0.717) is 33.0 Å². The molecule has 25 heavy (non-hydrogen) atoms. The van der Waals surface area contributed by atoms with Crippen LogP contribution < -0.4 is 10.1 Å². The van der Waals surface area contributed by atoms with Crippen LogP contribution in [0.25, 0.3) is 0 Å². The van der Waals surface area contributed by atoms with Crippen molar-refractivity contribution in [3.8, 4) is 5.88 Å². The van der Waals surface area contributed by atoms with Crippen molar-refractivity contribution in [2.45, 2.75) is 6.42 Å². The van der Waals surface area contributed by atoms with Gasteiger partial charge in [0.15, 0.2) is 5.13 Å². The maximum atomic E-state index is 12.2. The number of methoxy groups -OCH3 is 1.